The number of hydrogen-bond acceptors (Lipinski definition) is 3. The van der Waals surface area contributed by atoms with Crippen LogP contribution in [0.3, 0.4) is 0 Å². The fraction of sp³-hybridized carbons (Fsp3) is 0.545. The number of rotatable bonds is 3. The molecular weight excluding hydrogens is 208 g/mol. The van der Waals surface area contributed by atoms with Crippen molar-refractivity contribution in [3.8, 4) is 0 Å². The number of nitrogens with one attached hydrogen (secondary N) is 1. The van der Waals surface area contributed by atoms with Crippen LogP contribution in [0.4, 0.5) is 0 Å². The Balaban J connectivity index is 2.20. The molecule has 2 atom stereocenters. The fourth-order valence-electron chi connectivity index (χ4n) is 1.94. The van der Waals surface area contributed by atoms with E-state index < -0.39 is 0 Å². The van der Waals surface area contributed by atoms with Gasteiger partial charge in [0.05, 0.1) is 6.04 Å². The molecule has 0 spiro atoms. The van der Waals surface area contributed by atoms with Crippen LogP contribution in [0.5, 0.6) is 0 Å². The first-order chi connectivity index (χ1) is 7.24. The Bertz CT molecular complexity index is 336. The fourth-order valence-corrected chi connectivity index (χ4v) is 2.73. The molecule has 82 valence electrons. The minimum absolute atomic E-state index is 0.0522. The molecule has 2 heterocycles. The van der Waals surface area contributed by atoms with Gasteiger partial charge in [-0.3, -0.25) is 10.1 Å². The maximum absolute atomic E-state index is 11.9. The lowest BCUT2D eigenvalue weighted by Crippen LogP contribution is -2.30. The molecule has 1 aliphatic rings. The van der Waals surface area contributed by atoms with Crippen LogP contribution in [0, 0.1) is 0 Å². The van der Waals surface area contributed by atoms with E-state index in [9.17, 15) is 4.79 Å². The first kappa shape index (κ1) is 10.6. The van der Waals surface area contributed by atoms with Crippen LogP contribution >= 0.6 is 11.3 Å². The molecule has 2 unspecified atom stereocenters. The van der Waals surface area contributed by atoms with Crippen molar-refractivity contribution >= 4 is 17.2 Å². The number of hydrogen-bond donors (Lipinski definition) is 1. The average molecular weight is 224 g/mol. The Kier molecular flexibility index (Phi) is 3.07. The first-order valence-electron chi connectivity index (χ1n) is 5.34. The number of amides is 1. The predicted octanol–water partition coefficient (Wildman–Crippen LogP) is 1.98. The van der Waals surface area contributed by atoms with Gasteiger partial charge >= 0.3 is 0 Å². The van der Waals surface area contributed by atoms with Gasteiger partial charge in [-0.2, -0.15) is 0 Å². The van der Waals surface area contributed by atoms with Crippen molar-refractivity contribution in [1.29, 1.82) is 0 Å². The van der Waals surface area contributed by atoms with Gasteiger partial charge in [0.2, 0.25) is 5.91 Å². The van der Waals surface area contributed by atoms with Crippen molar-refractivity contribution in [3.05, 3.63) is 22.4 Å². The highest BCUT2D eigenvalue weighted by molar-refractivity contribution is 7.10. The molecule has 1 saturated heterocycles. The van der Waals surface area contributed by atoms with Crippen LogP contribution in [0.2, 0.25) is 0 Å². The molecule has 4 heteroatoms. The third-order valence-corrected chi connectivity index (χ3v) is 3.57. The molecule has 1 aliphatic heterocycles. The molecule has 3 nitrogen and oxygen atoms in total. The van der Waals surface area contributed by atoms with Gasteiger partial charge in [-0.15, -0.1) is 11.3 Å². The molecule has 2 rings (SSSR count). The van der Waals surface area contributed by atoms with Crippen LogP contribution in [0.25, 0.3) is 0 Å². The zero-order valence-corrected chi connectivity index (χ0v) is 9.88. The molecule has 1 amide bonds. The van der Waals surface area contributed by atoms with Crippen molar-refractivity contribution < 1.29 is 4.79 Å². The quantitative estimate of drug-likeness (QED) is 0.851. The highest BCUT2D eigenvalue weighted by atomic mass is 32.1. The van der Waals surface area contributed by atoms with Crippen LogP contribution < -0.4 is 5.32 Å². The number of carbonyl (C=O) groups is 1. The zero-order valence-electron chi connectivity index (χ0n) is 9.06. The van der Waals surface area contributed by atoms with Crippen molar-refractivity contribution in [3.63, 3.8) is 0 Å². The Labute approximate surface area is 94.1 Å². The average Bonchev–Trinajstić information content (AvgIpc) is 2.81. The van der Waals surface area contributed by atoms with Crippen molar-refractivity contribution in [1.82, 2.24) is 10.2 Å². The van der Waals surface area contributed by atoms with Crippen molar-refractivity contribution in [2.24, 2.45) is 0 Å². The summed E-state index contributed by atoms with van der Waals surface area (Å²) >= 11 is 1.70. The highest BCUT2D eigenvalue weighted by Crippen LogP contribution is 2.28. The molecule has 0 saturated carbocycles. The lowest BCUT2D eigenvalue weighted by Gasteiger charge is -2.22. The van der Waals surface area contributed by atoms with Crippen LogP contribution in [0.1, 0.15) is 31.3 Å². The van der Waals surface area contributed by atoms with E-state index in [0.717, 1.165) is 13.0 Å². The second-order valence-electron chi connectivity index (χ2n) is 3.84. The molecule has 1 N–H and O–H groups in total. The molecule has 0 radical (unpaired) electrons. The lowest BCUT2D eigenvalue weighted by molar-refractivity contribution is -0.129. The second kappa shape index (κ2) is 4.33. The SMILES string of the molecule is CCCN1C(=O)C(C)NC1c1cccs1. The van der Waals surface area contributed by atoms with E-state index in [-0.39, 0.29) is 18.1 Å². The van der Waals surface area contributed by atoms with Gasteiger partial charge < -0.3 is 4.90 Å². The van der Waals surface area contributed by atoms with E-state index in [1.807, 2.05) is 17.9 Å². The second-order valence-corrected chi connectivity index (χ2v) is 4.82. The smallest absolute Gasteiger partial charge is 0.241 e. The van der Waals surface area contributed by atoms with Crippen LogP contribution in [-0.2, 0) is 4.79 Å². The number of carbonyl (C=O) groups excluding carboxylic acids is 1. The molecule has 0 bridgehead atoms. The summed E-state index contributed by atoms with van der Waals surface area (Å²) in [6, 6.07) is 4.05. The molecule has 0 aromatic carbocycles. The van der Waals surface area contributed by atoms with Crippen LogP contribution in [0.15, 0.2) is 17.5 Å². The maximum atomic E-state index is 11.9. The Morgan fingerprint density at radius 3 is 3.00 bits per heavy atom. The molecule has 15 heavy (non-hydrogen) atoms. The number of nitrogens with zero attached hydrogens (tertiary/aromatic N) is 1. The first-order valence-corrected chi connectivity index (χ1v) is 6.22. The third-order valence-electron chi connectivity index (χ3n) is 2.65. The summed E-state index contributed by atoms with van der Waals surface area (Å²) in [4.78, 5) is 15.0. The van der Waals surface area contributed by atoms with Gasteiger partial charge in [-0.1, -0.05) is 13.0 Å². The highest BCUT2D eigenvalue weighted by Gasteiger charge is 2.36. The summed E-state index contributed by atoms with van der Waals surface area (Å²) in [6.45, 7) is 4.86. The predicted molar refractivity (Wildman–Crippen MR) is 61.7 cm³/mol. The minimum atomic E-state index is -0.0522. The van der Waals surface area contributed by atoms with E-state index in [0.29, 0.717) is 0 Å². The largest absolute Gasteiger partial charge is 0.321 e. The van der Waals surface area contributed by atoms with E-state index in [1.54, 1.807) is 11.3 Å². The summed E-state index contributed by atoms with van der Waals surface area (Å²) in [5, 5.41) is 5.38. The van der Waals surface area contributed by atoms with E-state index in [4.69, 9.17) is 0 Å². The van der Waals surface area contributed by atoms with Crippen molar-refractivity contribution in [2.75, 3.05) is 6.54 Å². The molecule has 1 aromatic rings. The van der Waals surface area contributed by atoms with Gasteiger partial charge in [0.25, 0.3) is 0 Å². The summed E-state index contributed by atoms with van der Waals surface area (Å²) < 4.78 is 0. The molecular formula is C11H16N2OS. The van der Waals surface area contributed by atoms with E-state index in [2.05, 4.69) is 23.7 Å². The van der Waals surface area contributed by atoms with E-state index >= 15 is 0 Å². The Hall–Kier alpha value is -0.870. The normalized spacial score (nSPS) is 26.3. The van der Waals surface area contributed by atoms with Gasteiger partial charge in [0, 0.05) is 11.4 Å². The zero-order chi connectivity index (χ0) is 10.8. The monoisotopic (exact) mass is 224 g/mol. The summed E-state index contributed by atoms with van der Waals surface area (Å²) in [7, 11) is 0. The van der Waals surface area contributed by atoms with Gasteiger partial charge in [-0.25, -0.2) is 0 Å². The topological polar surface area (TPSA) is 32.3 Å². The molecule has 0 aliphatic carbocycles. The summed E-state index contributed by atoms with van der Waals surface area (Å²) in [6.07, 6.45) is 1.09. The number of thiophene rings is 1. The van der Waals surface area contributed by atoms with Gasteiger partial charge in [0.1, 0.15) is 6.17 Å². The third kappa shape index (κ3) is 1.92. The summed E-state index contributed by atoms with van der Waals surface area (Å²) in [5.41, 5.74) is 0. The molecule has 1 aromatic heterocycles. The van der Waals surface area contributed by atoms with E-state index in [1.165, 1.54) is 4.88 Å². The van der Waals surface area contributed by atoms with Crippen LogP contribution in [-0.4, -0.2) is 23.4 Å². The lowest BCUT2D eigenvalue weighted by atomic mass is 10.3. The van der Waals surface area contributed by atoms with Gasteiger partial charge in [-0.05, 0) is 24.8 Å². The standard InChI is InChI=1S/C11H16N2OS/c1-3-6-13-10(9-5-4-7-15-9)12-8(2)11(13)14/h4-5,7-8,10,12H,3,6H2,1-2H3. The van der Waals surface area contributed by atoms with Crippen molar-refractivity contribution in [2.45, 2.75) is 32.5 Å². The minimum Gasteiger partial charge on any atom is -0.321 e. The Morgan fingerprint density at radius 1 is 1.60 bits per heavy atom. The Morgan fingerprint density at radius 2 is 2.40 bits per heavy atom. The maximum Gasteiger partial charge on any atom is 0.241 e. The van der Waals surface area contributed by atoms with Gasteiger partial charge in [0.15, 0.2) is 0 Å². The summed E-state index contributed by atoms with van der Waals surface area (Å²) in [5.74, 6) is 0.218. The molecule has 1 fully saturated rings.